The zero-order valence-electron chi connectivity index (χ0n) is 8.60. The fraction of sp³-hybridized carbons (Fsp3) is 0.0769. The Bertz CT molecular complexity index is 526. The molecule has 0 aromatic heterocycles. The molecule has 0 amide bonds. The second kappa shape index (κ2) is 4.91. The van der Waals surface area contributed by atoms with E-state index >= 15 is 0 Å². The molecule has 0 bridgehead atoms. The zero-order valence-corrected chi connectivity index (χ0v) is 10.2. The topological polar surface area (TPSA) is 28.1 Å². The average molecular weight is 274 g/mol. The van der Waals surface area contributed by atoms with Crippen molar-refractivity contribution in [1.29, 1.82) is 5.39 Å². The van der Waals surface area contributed by atoms with Crippen LogP contribution in [-0.2, 0) is 6.42 Å². The van der Waals surface area contributed by atoms with Gasteiger partial charge in [0.2, 0.25) is 5.39 Å². The first-order valence-electron chi connectivity index (χ1n) is 4.97. The fourth-order valence-electron chi connectivity index (χ4n) is 1.58. The van der Waals surface area contributed by atoms with E-state index in [1.165, 1.54) is 5.56 Å². The third-order valence-corrected chi connectivity index (χ3v) is 2.94. The number of nitrogens with zero attached hydrogens (tertiary/aromatic N) is 2. The van der Waals surface area contributed by atoms with E-state index in [-0.39, 0.29) is 0 Å². The van der Waals surface area contributed by atoms with Gasteiger partial charge in [-0.2, -0.15) is 0 Å². The Labute approximate surface area is 103 Å². The van der Waals surface area contributed by atoms with Crippen LogP contribution in [0.25, 0.3) is 4.98 Å². The first-order chi connectivity index (χ1) is 7.79. The molecule has 2 aromatic rings. The van der Waals surface area contributed by atoms with E-state index in [1.807, 2.05) is 30.3 Å². The molecule has 0 spiro atoms. The summed E-state index contributed by atoms with van der Waals surface area (Å²) in [6.45, 7) is 0. The summed E-state index contributed by atoms with van der Waals surface area (Å²) in [6, 6.07) is 15.7. The summed E-state index contributed by atoms with van der Waals surface area (Å²) in [4.78, 5) is 3.27. The first-order valence-corrected chi connectivity index (χ1v) is 5.76. The largest absolute Gasteiger partial charge is 0.388 e. The molecule has 0 atom stereocenters. The Morgan fingerprint density at radius 3 is 2.38 bits per heavy atom. The minimum atomic E-state index is 0.630. The lowest BCUT2D eigenvalue weighted by atomic mass is 10.0. The van der Waals surface area contributed by atoms with Gasteiger partial charge in [0.05, 0.1) is 5.56 Å². The highest BCUT2D eigenvalue weighted by atomic mass is 79.9. The molecule has 0 aliphatic rings. The normalized spacial score (nSPS) is 9.75. The van der Waals surface area contributed by atoms with Crippen molar-refractivity contribution < 1.29 is 0 Å². The Morgan fingerprint density at radius 1 is 1.00 bits per heavy atom. The van der Waals surface area contributed by atoms with E-state index in [0.717, 1.165) is 16.5 Å². The Morgan fingerprint density at radius 2 is 1.69 bits per heavy atom. The molecular formula is C13H10BrN2+. The zero-order chi connectivity index (χ0) is 11.4. The molecule has 0 fully saturated rings. The number of diazo groups is 1. The van der Waals surface area contributed by atoms with Crippen molar-refractivity contribution in [2.24, 2.45) is 0 Å². The second-order valence-electron chi connectivity index (χ2n) is 3.53. The van der Waals surface area contributed by atoms with E-state index in [1.54, 1.807) is 6.07 Å². The van der Waals surface area contributed by atoms with Crippen molar-refractivity contribution in [3.05, 3.63) is 69.1 Å². The lowest BCUT2D eigenvalue weighted by Gasteiger charge is -1.99. The van der Waals surface area contributed by atoms with Crippen LogP contribution in [0.5, 0.6) is 0 Å². The quantitative estimate of drug-likeness (QED) is 0.740. The number of hydrogen-bond donors (Lipinski definition) is 0. The molecule has 16 heavy (non-hydrogen) atoms. The summed E-state index contributed by atoms with van der Waals surface area (Å²) >= 11 is 3.40. The Hall–Kier alpha value is -1.66. The minimum Gasteiger partial charge on any atom is -0.0614 e. The van der Waals surface area contributed by atoms with Crippen LogP contribution in [0, 0.1) is 5.39 Å². The minimum absolute atomic E-state index is 0.630. The molecule has 0 radical (unpaired) electrons. The Kier molecular flexibility index (Phi) is 3.33. The summed E-state index contributed by atoms with van der Waals surface area (Å²) in [7, 11) is 0. The number of benzene rings is 2. The lowest BCUT2D eigenvalue weighted by molar-refractivity contribution is 1.19. The number of halogens is 1. The van der Waals surface area contributed by atoms with Crippen molar-refractivity contribution in [2.75, 3.05) is 0 Å². The predicted octanol–water partition coefficient (Wildman–Crippen LogP) is 4.52. The van der Waals surface area contributed by atoms with Gasteiger partial charge in [0.15, 0.2) is 4.98 Å². The monoisotopic (exact) mass is 273 g/mol. The van der Waals surface area contributed by atoms with Crippen LogP contribution >= 0.6 is 15.9 Å². The lowest BCUT2D eigenvalue weighted by Crippen LogP contribution is -1.87. The molecule has 0 saturated carbocycles. The van der Waals surface area contributed by atoms with Crippen LogP contribution in [0.15, 0.2) is 53.0 Å². The van der Waals surface area contributed by atoms with Crippen LogP contribution in [0.4, 0.5) is 5.69 Å². The summed E-state index contributed by atoms with van der Waals surface area (Å²) in [5, 5.41) is 8.86. The van der Waals surface area contributed by atoms with Gasteiger partial charge in [0.1, 0.15) is 0 Å². The van der Waals surface area contributed by atoms with Gasteiger partial charge in [-0.05, 0) is 17.7 Å². The van der Waals surface area contributed by atoms with Crippen LogP contribution in [0.1, 0.15) is 11.1 Å². The van der Waals surface area contributed by atoms with Crippen LogP contribution in [-0.4, -0.2) is 0 Å². The van der Waals surface area contributed by atoms with Gasteiger partial charge in [0, 0.05) is 17.0 Å². The van der Waals surface area contributed by atoms with Gasteiger partial charge in [-0.25, -0.2) is 0 Å². The molecule has 0 aliphatic heterocycles. The van der Waals surface area contributed by atoms with Gasteiger partial charge >= 0.3 is 5.69 Å². The van der Waals surface area contributed by atoms with Gasteiger partial charge in [-0.15, -0.1) is 0 Å². The molecule has 0 unspecified atom stereocenters. The molecular weight excluding hydrogens is 264 g/mol. The molecule has 0 heterocycles. The highest BCUT2D eigenvalue weighted by molar-refractivity contribution is 9.10. The SMILES string of the molecule is N#[N+]c1ccccc1Cc1ccc(Br)cc1. The van der Waals surface area contributed by atoms with Crippen LogP contribution < -0.4 is 0 Å². The van der Waals surface area contributed by atoms with Crippen LogP contribution in [0.3, 0.4) is 0 Å². The van der Waals surface area contributed by atoms with E-state index < -0.39 is 0 Å². The van der Waals surface area contributed by atoms with E-state index in [2.05, 4.69) is 33.0 Å². The molecule has 0 saturated heterocycles. The summed E-state index contributed by atoms with van der Waals surface area (Å²) < 4.78 is 1.07. The molecule has 0 aliphatic carbocycles. The predicted molar refractivity (Wildman–Crippen MR) is 68.1 cm³/mol. The van der Waals surface area contributed by atoms with Crippen molar-refractivity contribution in [2.45, 2.75) is 6.42 Å². The highest BCUT2D eigenvalue weighted by Gasteiger charge is 2.11. The first kappa shape index (κ1) is 10.8. The third-order valence-electron chi connectivity index (χ3n) is 2.41. The fourth-order valence-corrected chi connectivity index (χ4v) is 1.84. The number of hydrogen-bond acceptors (Lipinski definition) is 1. The third kappa shape index (κ3) is 2.47. The Balaban J connectivity index is 2.27. The van der Waals surface area contributed by atoms with E-state index in [9.17, 15) is 0 Å². The van der Waals surface area contributed by atoms with Gasteiger partial charge in [-0.3, -0.25) is 0 Å². The molecule has 2 aromatic carbocycles. The average Bonchev–Trinajstić information content (AvgIpc) is 2.33. The molecule has 78 valence electrons. The maximum Gasteiger partial charge on any atom is 0.388 e. The maximum atomic E-state index is 8.86. The summed E-state index contributed by atoms with van der Waals surface area (Å²) in [5.74, 6) is 0. The van der Waals surface area contributed by atoms with Crippen molar-refractivity contribution in [3.8, 4) is 0 Å². The molecule has 3 heteroatoms. The number of rotatable bonds is 2. The molecule has 2 nitrogen and oxygen atoms in total. The standard InChI is InChI=1S/C13H10BrN2/c14-12-7-5-10(6-8-12)9-11-3-1-2-4-13(11)16-15/h1-8H,9H2/q+1. The molecule has 0 N–H and O–H groups in total. The summed E-state index contributed by atoms with van der Waals surface area (Å²) in [5.41, 5.74) is 2.84. The van der Waals surface area contributed by atoms with Gasteiger partial charge in [0.25, 0.3) is 0 Å². The highest BCUT2D eigenvalue weighted by Crippen LogP contribution is 2.22. The van der Waals surface area contributed by atoms with Crippen molar-refractivity contribution in [1.82, 2.24) is 0 Å². The van der Waals surface area contributed by atoms with Crippen molar-refractivity contribution in [3.63, 3.8) is 0 Å². The van der Waals surface area contributed by atoms with E-state index in [0.29, 0.717) is 5.69 Å². The van der Waals surface area contributed by atoms with Gasteiger partial charge in [-0.1, -0.05) is 46.3 Å². The molecule has 2 rings (SSSR count). The second-order valence-corrected chi connectivity index (χ2v) is 4.45. The van der Waals surface area contributed by atoms with Crippen molar-refractivity contribution >= 4 is 21.6 Å². The summed E-state index contributed by atoms with van der Waals surface area (Å²) in [6.07, 6.45) is 0.771. The smallest absolute Gasteiger partial charge is 0.0614 e. The van der Waals surface area contributed by atoms with E-state index in [4.69, 9.17) is 5.39 Å². The maximum absolute atomic E-state index is 8.86. The van der Waals surface area contributed by atoms with Gasteiger partial charge < -0.3 is 0 Å². The van der Waals surface area contributed by atoms with Crippen LogP contribution in [0.2, 0.25) is 0 Å².